The Morgan fingerprint density at radius 3 is 2.67 bits per heavy atom. The largest absolute Gasteiger partial charge is 0.470 e. The van der Waals surface area contributed by atoms with E-state index in [4.69, 9.17) is 4.74 Å². The monoisotopic (exact) mass is 402 g/mol. The molecule has 2 N–H and O–H groups in total. The molecular weight excluding hydrogens is 380 g/mol. The lowest BCUT2D eigenvalue weighted by molar-refractivity contribution is 0.102. The molecule has 4 rings (SSSR count). The van der Waals surface area contributed by atoms with Gasteiger partial charge in [0.05, 0.1) is 5.56 Å². The van der Waals surface area contributed by atoms with E-state index in [0.717, 1.165) is 11.3 Å². The van der Waals surface area contributed by atoms with Crippen LogP contribution in [0.25, 0.3) is 0 Å². The van der Waals surface area contributed by atoms with Gasteiger partial charge in [0.1, 0.15) is 6.10 Å². The molecule has 2 aromatic carbocycles. The molecule has 3 aromatic rings. The Balaban J connectivity index is 1.40. The number of anilines is 2. The van der Waals surface area contributed by atoms with Gasteiger partial charge in [-0.3, -0.25) is 9.69 Å². The quantitative estimate of drug-likeness (QED) is 0.653. The van der Waals surface area contributed by atoms with E-state index in [9.17, 15) is 9.59 Å². The molecule has 0 spiro atoms. The first kappa shape index (κ1) is 19.4. The van der Waals surface area contributed by atoms with Crippen LogP contribution in [0.5, 0.6) is 5.88 Å². The molecule has 2 heterocycles. The van der Waals surface area contributed by atoms with Gasteiger partial charge in [-0.2, -0.15) is 0 Å². The zero-order chi connectivity index (χ0) is 20.9. The van der Waals surface area contributed by atoms with E-state index in [2.05, 4.69) is 15.6 Å². The molecule has 0 saturated carbocycles. The summed E-state index contributed by atoms with van der Waals surface area (Å²) in [6.45, 7) is 3.16. The number of carbonyl (C=O) groups excluding carboxylic acids is 2. The highest BCUT2D eigenvalue weighted by atomic mass is 16.5. The van der Waals surface area contributed by atoms with Gasteiger partial charge in [-0.15, -0.1) is 0 Å². The number of amides is 3. The normalized spacial score (nSPS) is 14.2. The van der Waals surface area contributed by atoms with Crippen molar-refractivity contribution >= 4 is 23.3 Å². The van der Waals surface area contributed by atoms with Gasteiger partial charge < -0.3 is 15.4 Å². The van der Waals surface area contributed by atoms with E-state index in [-0.39, 0.29) is 18.0 Å². The van der Waals surface area contributed by atoms with E-state index in [1.54, 1.807) is 35.2 Å². The van der Waals surface area contributed by atoms with Crippen molar-refractivity contribution in [1.29, 1.82) is 0 Å². The van der Waals surface area contributed by atoms with E-state index in [0.29, 0.717) is 30.2 Å². The summed E-state index contributed by atoms with van der Waals surface area (Å²) < 4.78 is 5.85. The Morgan fingerprint density at radius 1 is 1.13 bits per heavy atom. The SMILES string of the molecule is C[C@H](Oc1ccc(C(=O)Nc2cccc(N3CCNC3=O)c2)cn1)c1ccccc1. The maximum Gasteiger partial charge on any atom is 0.321 e. The van der Waals surface area contributed by atoms with Crippen LogP contribution < -0.4 is 20.3 Å². The lowest BCUT2D eigenvalue weighted by atomic mass is 10.1. The average Bonchev–Trinajstić information content (AvgIpc) is 3.21. The Kier molecular flexibility index (Phi) is 5.61. The van der Waals surface area contributed by atoms with Gasteiger partial charge in [0.2, 0.25) is 5.88 Å². The number of hydrogen-bond acceptors (Lipinski definition) is 4. The Hall–Kier alpha value is -3.87. The summed E-state index contributed by atoms with van der Waals surface area (Å²) >= 11 is 0. The van der Waals surface area contributed by atoms with E-state index >= 15 is 0 Å². The molecule has 3 amide bonds. The summed E-state index contributed by atoms with van der Waals surface area (Å²) in [5.41, 5.74) is 2.81. The van der Waals surface area contributed by atoms with Crippen molar-refractivity contribution < 1.29 is 14.3 Å². The van der Waals surface area contributed by atoms with Crippen LogP contribution in [0.3, 0.4) is 0 Å². The third-order valence-corrected chi connectivity index (χ3v) is 4.84. The van der Waals surface area contributed by atoms with Crippen LogP contribution >= 0.6 is 0 Å². The number of pyridine rings is 1. The van der Waals surface area contributed by atoms with Crippen LogP contribution in [-0.2, 0) is 0 Å². The minimum atomic E-state index is -0.284. The number of aromatic nitrogens is 1. The first-order valence-corrected chi connectivity index (χ1v) is 9.74. The van der Waals surface area contributed by atoms with Crippen molar-refractivity contribution in [2.75, 3.05) is 23.3 Å². The number of hydrogen-bond donors (Lipinski definition) is 2. The first-order chi connectivity index (χ1) is 14.6. The highest BCUT2D eigenvalue weighted by Gasteiger charge is 2.21. The van der Waals surface area contributed by atoms with Gasteiger partial charge in [0.25, 0.3) is 5.91 Å². The van der Waals surface area contributed by atoms with Crippen molar-refractivity contribution in [2.24, 2.45) is 0 Å². The highest BCUT2D eigenvalue weighted by Crippen LogP contribution is 2.22. The van der Waals surface area contributed by atoms with Crippen LogP contribution in [0.15, 0.2) is 72.9 Å². The number of urea groups is 1. The lowest BCUT2D eigenvalue weighted by Gasteiger charge is -2.16. The molecule has 1 aliphatic heterocycles. The molecule has 7 heteroatoms. The zero-order valence-corrected chi connectivity index (χ0v) is 16.5. The number of benzene rings is 2. The number of nitrogens with one attached hydrogen (secondary N) is 2. The predicted molar refractivity (Wildman–Crippen MR) is 115 cm³/mol. The fourth-order valence-electron chi connectivity index (χ4n) is 3.23. The van der Waals surface area contributed by atoms with Crippen LogP contribution in [-0.4, -0.2) is 30.0 Å². The molecule has 7 nitrogen and oxygen atoms in total. The second-order valence-corrected chi connectivity index (χ2v) is 6.94. The van der Waals surface area contributed by atoms with E-state index < -0.39 is 0 Å². The molecule has 30 heavy (non-hydrogen) atoms. The van der Waals surface area contributed by atoms with Crippen molar-refractivity contribution in [3.63, 3.8) is 0 Å². The van der Waals surface area contributed by atoms with Crippen LogP contribution in [0.1, 0.15) is 28.9 Å². The summed E-state index contributed by atoms with van der Waals surface area (Å²) in [6.07, 6.45) is 1.34. The molecule has 0 aliphatic carbocycles. The van der Waals surface area contributed by atoms with E-state index in [1.165, 1.54) is 6.20 Å². The molecule has 0 radical (unpaired) electrons. The van der Waals surface area contributed by atoms with Gasteiger partial charge in [0.15, 0.2) is 0 Å². The van der Waals surface area contributed by atoms with Gasteiger partial charge in [-0.1, -0.05) is 36.4 Å². The smallest absolute Gasteiger partial charge is 0.321 e. The molecule has 1 fully saturated rings. The van der Waals surface area contributed by atoms with Crippen molar-refractivity contribution in [3.05, 3.63) is 84.1 Å². The number of ether oxygens (including phenoxy) is 1. The minimum absolute atomic E-state index is 0.136. The second-order valence-electron chi connectivity index (χ2n) is 6.94. The zero-order valence-electron chi connectivity index (χ0n) is 16.5. The summed E-state index contributed by atoms with van der Waals surface area (Å²) in [4.78, 5) is 30.3. The Bertz CT molecular complexity index is 1040. The number of nitrogens with zero attached hydrogens (tertiary/aromatic N) is 2. The van der Waals surface area contributed by atoms with Gasteiger partial charge in [0, 0.05) is 36.7 Å². The Labute approximate surface area is 174 Å². The molecule has 1 saturated heterocycles. The molecule has 152 valence electrons. The third kappa shape index (κ3) is 4.41. The van der Waals surface area contributed by atoms with Crippen molar-refractivity contribution in [2.45, 2.75) is 13.0 Å². The standard InChI is InChI=1S/C23H22N4O3/c1-16(17-6-3-2-4-7-17)30-21-11-10-18(15-25-21)22(28)26-19-8-5-9-20(14-19)27-13-12-24-23(27)29/h2-11,14-16H,12-13H2,1H3,(H,24,29)(H,26,28)/t16-/m0/s1. The number of carbonyl (C=O) groups is 2. The van der Waals surface area contributed by atoms with Crippen molar-refractivity contribution in [3.8, 4) is 5.88 Å². The molecule has 0 unspecified atom stereocenters. The maximum absolute atomic E-state index is 12.6. The maximum atomic E-state index is 12.6. The fourth-order valence-corrected chi connectivity index (χ4v) is 3.23. The molecule has 1 aromatic heterocycles. The lowest BCUT2D eigenvalue weighted by Crippen LogP contribution is -2.27. The minimum Gasteiger partial charge on any atom is -0.470 e. The molecule has 0 bridgehead atoms. The first-order valence-electron chi connectivity index (χ1n) is 9.74. The summed E-state index contributed by atoms with van der Waals surface area (Å²) in [6, 6.07) is 20.3. The second kappa shape index (κ2) is 8.65. The van der Waals surface area contributed by atoms with Crippen molar-refractivity contribution in [1.82, 2.24) is 10.3 Å². The predicted octanol–water partition coefficient (Wildman–Crippen LogP) is 4.00. The summed E-state index contributed by atoms with van der Waals surface area (Å²) in [5.74, 6) is 0.165. The van der Waals surface area contributed by atoms with Gasteiger partial charge in [-0.05, 0) is 36.8 Å². The van der Waals surface area contributed by atoms with Crippen LogP contribution in [0.2, 0.25) is 0 Å². The van der Waals surface area contributed by atoms with Crippen LogP contribution in [0, 0.1) is 0 Å². The van der Waals surface area contributed by atoms with Crippen LogP contribution in [0.4, 0.5) is 16.2 Å². The van der Waals surface area contributed by atoms with Gasteiger partial charge >= 0.3 is 6.03 Å². The highest BCUT2D eigenvalue weighted by molar-refractivity contribution is 6.04. The summed E-state index contributed by atoms with van der Waals surface area (Å²) in [7, 11) is 0. The Morgan fingerprint density at radius 2 is 1.97 bits per heavy atom. The fraction of sp³-hybridized carbons (Fsp3) is 0.174. The molecule has 1 aliphatic rings. The number of rotatable bonds is 6. The van der Waals surface area contributed by atoms with Gasteiger partial charge in [-0.25, -0.2) is 9.78 Å². The topological polar surface area (TPSA) is 83.6 Å². The third-order valence-electron chi connectivity index (χ3n) is 4.84. The average molecular weight is 402 g/mol. The molecular formula is C23H22N4O3. The molecule has 1 atom stereocenters. The van der Waals surface area contributed by atoms with E-state index in [1.807, 2.05) is 43.3 Å². The summed E-state index contributed by atoms with van der Waals surface area (Å²) in [5, 5.41) is 5.61.